The minimum atomic E-state index is -0.876. The van der Waals surface area contributed by atoms with Crippen molar-refractivity contribution in [3.63, 3.8) is 0 Å². The quantitative estimate of drug-likeness (QED) is 0.559. The zero-order valence-electron chi connectivity index (χ0n) is 10.8. The van der Waals surface area contributed by atoms with Crippen LogP contribution in [0.4, 0.5) is 0 Å². The standard InChI is InChI=1S/C12H22N2O4/c1-9-2-4-13-10(8-9)12(17)14-5-7-18-6-3-11(15)16/h9-10,13H,2-8H2,1H3,(H,14,17)(H,15,16). The first-order chi connectivity index (χ1) is 8.59. The van der Waals surface area contributed by atoms with Crippen LogP contribution < -0.4 is 10.6 Å². The fraction of sp³-hybridized carbons (Fsp3) is 0.833. The third-order valence-corrected chi connectivity index (χ3v) is 2.99. The topological polar surface area (TPSA) is 87.7 Å². The van der Waals surface area contributed by atoms with E-state index < -0.39 is 5.97 Å². The molecular formula is C12H22N2O4. The Hall–Kier alpha value is -1.14. The largest absolute Gasteiger partial charge is 0.481 e. The zero-order valence-corrected chi connectivity index (χ0v) is 10.8. The lowest BCUT2D eigenvalue weighted by Crippen LogP contribution is -2.49. The molecule has 3 N–H and O–H groups in total. The predicted octanol–water partition coefficient (Wildman–Crippen LogP) is -0.0180. The van der Waals surface area contributed by atoms with Gasteiger partial charge in [-0.25, -0.2) is 0 Å². The lowest BCUT2D eigenvalue weighted by atomic mass is 9.94. The fourth-order valence-electron chi connectivity index (χ4n) is 1.94. The molecule has 1 saturated heterocycles. The van der Waals surface area contributed by atoms with Gasteiger partial charge in [-0.15, -0.1) is 0 Å². The number of carboxylic acids is 1. The van der Waals surface area contributed by atoms with Crippen LogP contribution in [0.3, 0.4) is 0 Å². The maximum Gasteiger partial charge on any atom is 0.305 e. The van der Waals surface area contributed by atoms with E-state index in [0.29, 0.717) is 19.1 Å². The van der Waals surface area contributed by atoms with Crippen molar-refractivity contribution in [3.05, 3.63) is 0 Å². The number of carbonyl (C=O) groups excluding carboxylic acids is 1. The van der Waals surface area contributed by atoms with Gasteiger partial charge in [-0.3, -0.25) is 9.59 Å². The summed E-state index contributed by atoms with van der Waals surface area (Å²) in [7, 11) is 0. The van der Waals surface area contributed by atoms with E-state index in [2.05, 4.69) is 17.6 Å². The minimum Gasteiger partial charge on any atom is -0.481 e. The Kier molecular flexibility index (Phi) is 6.67. The number of aliphatic carboxylic acids is 1. The smallest absolute Gasteiger partial charge is 0.305 e. The number of amides is 1. The van der Waals surface area contributed by atoms with E-state index in [-0.39, 0.29) is 25.0 Å². The van der Waals surface area contributed by atoms with Gasteiger partial charge in [-0.2, -0.15) is 0 Å². The van der Waals surface area contributed by atoms with Crippen LogP contribution in [-0.2, 0) is 14.3 Å². The molecule has 1 aliphatic rings. The summed E-state index contributed by atoms with van der Waals surface area (Å²) in [6.45, 7) is 3.99. The van der Waals surface area contributed by atoms with Crippen molar-refractivity contribution in [1.82, 2.24) is 10.6 Å². The summed E-state index contributed by atoms with van der Waals surface area (Å²) in [5.74, 6) is -0.295. The number of piperidine rings is 1. The maximum atomic E-state index is 11.8. The van der Waals surface area contributed by atoms with Gasteiger partial charge in [0.15, 0.2) is 0 Å². The van der Waals surface area contributed by atoms with Crippen molar-refractivity contribution in [2.24, 2.45) is 5.92 Å². The summed E-state index contributed by atoms with van der Waals surface area (Å²) in [6, 6.07) is -0.104. The molecule has 0 spiro atoms. The Balaban J connectivity index is 2.04. The summed E-state index contributed by atoms with van der Waals surface area (Å²) < 4.78 is 5.09. The Morgan fingerprint density at radius 2 is 2.22 bits per heavy atom. The first kappa shape index (κ1) is 14.9. The molecule has 6 heteroatoms. The van der Waals surface area contributed by atoms with Gasteiger partial charge in [-0.1, -0.05) is 6.92 Å². The van der Waals surface area contributed by atoms with Crippen LogP contribution in [0, 0.1) is 5.92 Å². The zero-order chi connectivity index (χ0) is 13.4. The molecule has 0 aliphatic carbocycles. The molecule has 18 heavy (non-hydrogen) atoms. The number of carboxylic acid groups (broad SMARTS) is 1. The van der Waals surface area contributed by atoms with Crippen LogP contribution in [0.5, 0.6) is 0 Å². The van der Waals surface area contributed by atoms with Crippen LogP contribution in [0.25, 0.3) is 0 Å². The van der Waals surface area contributed by atoms with Crippen LogP contribution in [0.2, 0.25) is 0 Å². The molecule has 0 aromatic rings. The van der Waals surface area contributed by atoms with Crippen molar-refractivity contribution in [2.75, 3.05) is 26.3 Å². The van der Waals surface area contributed by atoms with Gasteiger partial charge in [-0.05, 0) is 25.3 Å². The fourth-order valence-corrected chi connectivity index (χ4v) is 1.94. The molecule has 0 aromatic heterocycles. The second-order valence-electron chi connectivity index (χ2n) is 4.68. The Morgan fingerprint density at radius 1 is 1.44 bits per heavy atom. The number of ether oxygens (including phenoxy) is 1. The van der Waals surface area contributed by atoms with Crippen LogP contribution in [0.15, 0.2) is 0 Å². The molecule has 1 fully saturated rings. The van der Waals surface area contributed by atoms with Crippen LogP contribution >= 0.6 is 0 Å². The Labute approximate surface area is 107 Å². The number of hydrogen-bond donors (Lipinski definition) is 3. The molecule has 0 radical (unpaired) electrons. The van der Waals surface area contributed by atoms with E-state index in [1.54, 1.807) is 0 Å². The summed E-state index contributed by atoms with van der Waals surface area (Å²) in [6.07, 6.45) is 1.98. The highest BCUT2D eigenvalue weighted by atomic mass is 16.5. The monoisotopic (exact) mass is 258 g/mol. The molecular weight excluding hydrogens is 236 g/mol. The Bertz CT molecular complexity index is 283. The first-order valence-electron chi connectivity index (χ1n) is 6.40. The molecule has 2 atom stereocenters. The van der Waals surface area contributed by atoms with E-state index in [1.807, 2.05) is 0 Å². The molecule has 0 aromatic carbocycles. The summed E-state index contributed by atoms with van der Waals surface area (Å²) in [5, 5.41) is 14.4. The summed E-state index contributed by atoms with van der Waals surface area (Å²) in [4.78, 5) is 22.0. The lowest BCUT2D eigenvalue weighted by molar-refractivity contribution is -0.138. The SMILES string of the molecule is CC1CCNC(C(=O)NCCOCCC(=O)O)C1. The molecule has 104 valence electrons. The highest BCUT2D eigenvalue weighted by molar-refractivity contribution is 5.81. The van der Waals surface area contributed by atoms with Crippen molar-refractivity contribution in [1.29, 1.82) is 0 Å². The highest BCUT2D eigenvalue weighted by Gasteiger charge is 2.23. The number of nitrogens with one attached hydrogen (secondary N) is 2. The average molecular weight is 258 g/mol. The van der Waals surface area contributed by atoms with Crippen LogP contribution in [-0.4, -0.2) is 49.3 Å². The maximum absolute atomic E-state index is 11.8. The molecule has 0 bridgehead atoms. The first-order valence-corrected chi connectivity index (χ1v) is 6.40. The van der Waals surface area contributed by atoms with Gasteiger partial charge in [0.05, 0.1) is 25.7 Å². The Morgan fingerprint density at radius 3 is 2.89 bits per heavy atom. The van der Waals surface area contributed by atoms with Crippen molar-refractivity contribution in [2.45, 2.75) is 32.2 Å². The van der Waals surface area contributed by atoms with Gasteiger partial charge < -0.3 is 20.5 Å². The molecule has 1 aliphatic heterocycles. The normalized spacial score (nSPS) is 23.6. The average Bonchev–Trinajstić information content (AvgIpc) is 2.33. The lowest BCUT2D eigenvalue weighted by Gasteiger charge is -2.27. The van der Waals surface area contributed by atoms with Gasteiger partial charge in [0.2, 0.25) is 5.91 Å². The molecule has 1 rings (SSSR count). The highest BCUT2D eigenvalue weighted by Crippen LogP contribution is 2.14. The number of carbonyl (C=O) groups is 2. The van der Waals surface area contributed by atoms with Crippen molar-refractivity contribution >= 4 is 11.9 Å². The second-order valence-corrected chi connectivity index (χ2v) is 4.68. The van der Waals surface area contributed by atoms with Gasteiger partial charge >= 0.3 is 5.97 Å². The number of rotatable bonds is 7. The molecule has 1 heterocycles. The minimum absolute atomic E-state index is 0.00313. The molecule has 6 nitrogen and oxygen atoms in total. The van der Waals surface area contributed by atoms with Crippen molar-refractivity contribution < 1.29 is 19.4 Å². The third kappa shape index (κ3) is 5.97. The van der Waals surface area contributed by atoms with Crippen molar-refractivity contribution in [3.8, 4) is 0 Å². The van der Waals surface area contributed by atoms with E-state index in [1.165, 1.54) is 0 Å². The molecule has 1 amide bonds. The van der Waals surface area contributed by atoms with E-state index in [9.17, 15) is 9.59 Å². The van der Waals surface area contributed by atoms with Gasteiger partial charge in [0, 0.05) is 6.54 Å². The van der Waals surface area contributed by atoms with Gasteiger partial charge in [0.25, 0.3) is 0 Å². The van der Waals surface area contributed by atoms with Crippen LogP contribution in [0.1, 0.15) is 26.2 Å². The third-order valence-electron chi connectivity index (χ3n) is 2.99. The summed E-state index contributed by atoms with van der Waals surface area (Å²) in [5.41, 5.74) is 0. The number of hydrogen-bond acceptors (Lipinski definition) is 4. The van der Waals surface area contributed by atoms with E-state index in [4.69, 9.17) is 9.84 Å². The second kappa shape index (κ2) is 8.05. The summed E-state index contributed by atoms with van der Waals surface area (Å²) >= 11 is 0. The van der Waals surface area contributed by atoms with E-state index in [0.717, 1.165) is 19.4 Å². The molecule has 2 unspecified atom stereocenters. The predicted molar refractivity (Wildman–Crippen MR) is 66.3 cm³/mol. The van der Waals surface area contributed by atoms with E-state index >= 15 is 0 Å². The molecule has 0 saturated carbocycles. The van der Waals surface area contributed by atoms with Gasteiger partial charge in [0.1, 0.15) is 0 Å².